The molecule has 0 aliphatic rings. The fraction of sp³-hybridized carbons (Fsp3) is 0.875. The zero-order chi connectivity index (χ0) is 18.2. The highest BCUT2D eigenvalue weighted by molar-refractivity contribution is 8.77. The summed E-state index contributed by atoms with van der Waals surface area (Å²) in [5, 5.41) is 18.4. The van der Waals surface area contributed by atoms with E-state index in [2.05, 4.69) is 25.3 Å². The first-order valence-corrected chi connectivity index (χ1v) is 12.0. The molecule has 0 aliphatic carbocycles. The van der Waals surface area contributed by atoms with Crippen molar-refractivity contribution >= 4 is 58.8 Å². The molecule has 0 aromatic rings. The van der Waals surface area contributed by atoms with E-state index in [0.717, 1.165) is 62.9 Å². The van der Waals surface area contributed by atoms with Gasteiger partial charge in [-0.05, 0) is 50.0 Å². The lowest BCUT2D eigenvalue weighted by Gasteiger charge is -2.20. The van der Waals surface area contributed by atoms with Crippen molar-refractivity contribution in [2.24, 2.45) is 0 Å². The smallest absolute Gasteiger partial charge is 0.303 e. The number of hydrogen-bond acceptors (Lipinski definition) is 6. The van der Waals surface area contributed by atoms with E-state index in [1.165, 1.54) is 0 Å². The predicted octanol–water partition coefficient (Wildman–Crippen LogP) is 5.03. The van der Waals surface area contributed by atoms with Crippen molar-refractivity contribution in [1.82, 2.24) is 0 Å². The fourth-order valence-corrected chi connectivity index (χ4v) is 6.56. The Morgan fingerprint density at radius 3 is 1.38 bits per heavy atom. The number of rotatable bonds is 17. The molecule has 0 saturated heterocycles. The minimum Gasteiger partial charge on any atom is -0.481 e. The third-order valence-electron chi connectivity index (χ3n) is 3.56. The third kappa shape index (κ3) is 15.8. The standard InChI is InChI=1S/C16H30O4S4/c17-15(18)7-3-1-5-13(9-11-21)23-24-14(10-12-22)6-2-4-8-16(19)20/h13-14,21-22H,1-12H2,(H,17,18)(H,19,20). The lowest BCUT2D eigenvalue weighted by molar-refractivity contribution is -0.138. The van der Waals surface area contributed by atoms with Crippen molar-refractivity contribution in [2.75, 3.05) is 11.5 Å². The first-order chi connectivity index (χ1) is 11.5. The summed E-state index contributed by atoms with van der Waals surface area (Å²) in [6.45, 7) is 0. The molecule has 24 heavy (non-hydrogen) atoms. The van der Waals surface area contributed by atoms with E-state index in [4.69, 9.17) is 10.2 Å². The van der Waals surface area contributed by atoms with Gasteiger partial charge in [-0.1, -0.05) is 34.4 Å². The summed E-state index contributed by atoms with van der Waals surface area (Å²) in [4.78, 5) is 21.1. The summed E-state index contributed by atoms with van der Waals surface area (Å²) in [7, 11) is 3.77. The normalized spacial score (nSPS) is 13.6. The quantitative estimate of drug-likeness (QED) is 0.152. The van der Waals surface area contributed by atoms with Gasteiger partial charge in [-0.3, -0.25) is 9.59 Å². The highest BCUT2D eigenvalue weighted by Crippen LogP contribution is 2.38. The topological polar surface area (TPSA) is 74.6 Å². The van der Waals surface area contributed by atoms with Gasteiger partial charge in [0.2, 0.25) is 0 Å². The molecule has 2 unspecified atom stereocenters. The minimum absolute atomic E-state index is 0.247. The van der Waals surface area contributed by atoms with Crippen molar-refractivity contribution < 1.29 is 19.8 Å². The van der Waals surface area contributed by atoms with Crippen molar-refractivity contribution in [3.8, 4) is 0 Å². The van der Waals surface area contributed by atoms with Gasteiger partial charge in [0.15, 0.2) is 0 Å². The van der Waals surface area contributed by atoms with Crippen LogP contribution in [0.4, 0.5) is 0 Å². The van der Waals surface area contributed by atoms with E-state index in [-0.39, 0.29) is 12.8 Å². The largest absolute Gasteiger partial charge is 0.481 e. The minimum atomic E-state index is -0.724. The van der Waals surface area contributed by atoms with E-state index < -0.39 is 11.9 Å². The van der Waals surface area contributed by atoms with Crippen LogP contribution in [-0.4, -0.2) is 44.2 Å². The fourth-order valence-electron chi connectivity index (χ4n) is 2.22. The molecule has 0 aromatic carbocycles. The van der Waals surface area contributed by atoms with E-state index in [9.17, 15) is 9.59 Å². The summed E-state index contributed by atoms with van der Waals surface area (Å²) < 4.78 is 0. The molecule has 0 saturated carbocycles. The van der Waals surface area contributed by atoms with Crippen LogP contribution in [0.15, 0.2) is 0 Å². The molecule has 0 radical (unpaired) electrons. The SMILES string of the molecule is O=C(O)CCCCC(CCS)SSC(CCS)CCCCC(=O)O. The summed E-state index contributed by atoms with van der Waals surface area (Å²) in [6, 6.07) is 0. The number of thiol groups is 2. The first-order valence-electron chi connectivity index (χ1n) is 8.47. The molecule has 0 spiro atoms. The summed E-state index contributed by atoms with van der Waals surface area (Å²) in [6.07, 6.45) is 7.95. The van der Waals surface area contributed by atoms with Crippen LogP contribution in [0.25, 0.3) is 0 Å². The second-order valence-corrected chi connectivity index (χ2v) is 9.51. The van der Waals surface area contributed by atoms with Crippen LogP contribution < -0.4 is 0 Å². The Morgan fingerprint density at radius 2 is 1.08 bits per heavy atom. The molecule has 0 heterocycles. The molecule has 142 valence electrons. The van der Waals surface area contributed by atoms with Crippen molar-refractivity contribution in [1.29, 1.82) is 0 Å². The molecule has 2 atom stereocenters. The van der Waals surface area contributed by atoms with Crippen molar-refractivity contribution in [2.45, 2.75) is 74.7 Å². The molecule has 8 heteroatoms. The van der Waals surface area contributed by atoms with Gasteiger partial charge in [0.05, 0.1) is 0 Å². The van der Waals surface area contributed by atoms with Gasteiger partial charge < -0.3 is 10.2 Å². The van der Waals surface area contributed by atoms with Gasteiger partial charge in [0.25, 0.3) is 0 Å². The maximum atomic E-state index is 10.6. The lowest BCUT2D eigenvalue weighted by Crippen LogP contribution is -2.07. The number of carboxylic acid groups (broad SMARTS) is 2. The molecule has 0 aromatic heterocycles. The second-order valence-electron chi connectivity index (χ2n) is 5.74. The molecule has 4 nitrogen and oxygen atoms in total. The Morgan fingerprint density at radius 1 is 0.708 bits per heavy atom. The number of carboxylic acids is 2. The number of unbranched alkanes of at least 4 members (excludes halogenated alkanes) is 2. The monoisotopic (exact) mass is 414 g/mol. The Bertz CT molecular complexity index is 310. The Balaban J connectivity index is 4.08. The van der Waals surface area contributed by atoms with Gasteiger partial charge in [-0.15, -0.1) is 0 Å². The Hall–Kier alpha value is 0.340. The molecular weight excluding hydrogens is 384 g/mol. The van der Waals surface area contributed by atoms with Crippen LogP contribution in [0.3, 0.4) is 0 Å². The van der Waals surface area contributed by atoms with Crippen molar-refractivity contribution in [3.63, 3.8) is 0 Å². The van der Waals surface area contributed by atoms with Gasteiger partial charge >= 0.3 is 11.9 Å². The van der Waals surface area contributed by atoms with E-state index in [1.54, 1.807) is 0 Å². The van der Waals surface area contributed by atoms with E-state index >= 15 is 0 Å². The Labute approximate surface area is 164 Å². The van der Waals surface area contributed by atoms with Crippen LogP contribution in [0.5, 0.6) is 0 Å². The summed E-state index contributed by atoms with van der Waals surface area (Å²) in [5.74, 6) is 0.232. The van der Waals surface area contributed by atoms with Crippen LogP contribution in [-0.2, 0) is 9.59 Å². The Kier molecular flexibility index (Phi) is 17.0. The third-order valence-corrected chi connectivity index (χ3v) is 7.64. The molecular formula is C16H30O4S4. The lowest BCUT2D eigenvalue weighted by atomic mass is 10.1. The highest BCUT2D eigenvalue weighted by atomic mass is 33.1. The molecule has 2 N–H and O–H groups in total. The molecule has 0 amide bonds. The molecule has 0 aliphatic heterocycles. The number of aliphatic carboxylic acids is 2. The average Bonchev–Trinajstić information content (AvgIpc) is 2.52. The molecule has 0 fully saturated rings. The average molecular weight is 415 g/mol. The van der Waals surface area contributed by atoms with E-state index in [1.807, 2.05) is 21.6 Å². The van der Waals surface area contributed by atoms with Gasteiger partial charge in [0, 0.05) is 23.3 Å². The highest BCUT2D eigenvalue weighted by Gasteiger charge is 2.15. The molecule has 0 rings (SSSR count). The molecule has 0 bridgehead atoms. The summed E-state index contributed by atoms with van der Waals surface area (Å²) >= 11 is 8.65. The van der Waals surface area contributed by atoms with Gasteiger partial charge in [-0.25, -0.2) is 0 Å². The van der Waals surface area contributed by atoms with Crippen LogP contribution >= 0.6 is 46.8 Å². The zero-order valence-corrected chi connectivity index (χ0v) is 17.5. The maximum absolute atomic E-state index is 10.6. The second kappa shape index (κ2) is 16.8. The number of carbonyl (C=O) groups is 2. The van der Waals surface area contributed by atoms with Gasteiger partial charge in [0.1, 0.15) is 0 Å². The van der Waals surface area contributed by atoms with Gasteiger partial charge in [-0.2, -0.15) is 25.3 Å². The zero-order valence-electron chi connectivity index (χ0n) is 14.1. The first kappa shape index (κ1) is 24.3. The van der Waals surface area contributed by atoms with Crippen LogP contribution in [0.1, 0.15) is 64.2 Å². The van der Waals surface area contributed by atoms with E-state index in [0.29, 0.717) is 10.5 Å². The van der Waals surface area contributed by atoms with Crippen LogP contribution in [0.2, 0.25) is 0 Å². The predicted molar refractivity (Wildman–Crippen MR) is 112 cm³/mol. The maximum Gasteiger partial charge on any atom is 0.303 e. The summed E-state index contributed by atoms with van der Waals surface area (Å²) in [5.41, 5.74) is 0. The van der Waals surface area contributed by atoms with Crippen LogP contribution in [0, 0.1) is 0 Å². The number of hydrogen-bond donors (Lipinski definition) is 4. The van der Waals surface area contributed by atoms with Crippen molar-refractivity contribution in [3.05, 3.63) is 0 Å².